The van der Waals surface area contributed by atoms with E-state index in [1.807, 2.05) is 32.0 Å². The molecule has 0 aliphatic heterocycles. The lowest BCUT2D eigenvalue weighted by Gasteiger charge is -2.15. The number of carbonyl (C=O) groups is 1. The molecule has 2 aromatic heterocycles. The van der Waals surface area contributed by atoms with Crippen molar-refractivity contribution in [3.63, 3.8) is 0 Å². The molecule has 1 N–H and O–H groups in total. The van der Waals surface area contributed by atoms with E-state index < -0.39 is 21.5 Å². The quantitative estimate of drug-likeness (QED) is 0.440. The molecule has 0 saturated heterocycles. The first kappa shape index (κ1) is 24.3. The third-order valence-electron chi connectivity index (χ3n) is 5.55. The predicted octanol–water partition coefficient (Wildman–Crippen LogP) is 2.40. The van der Waals surface area contributed by atoms with Crippen LogP contribution in [0.5, 0.6) is 0 Å². The van der Waals surface area contributed by atoms with Crippen LogP contribution in [0.3, 0.4) is 0 Å². The van der Waals surface area contributed by atoms with Crippen LogP contribution in [0.2, 0.25) is 0 Å². The Hall–Kier alpha value is -3.83. The number of sulfonamides is 1. The lowest BCUT2D eigenvalue weighted by atomic mass is 10.1. The number of benzene rings is 2. The minimum Gasteiger partial charge on any atom is -0.324 e. The number of hydrogen-bond acceptors (Lipinski definition) is 6. The van der Waals surface area contributed by atoms with Crippen molar-refractivity contribution in [1.82, 2.24) is 23.6 Å². The molecule has 2 heterocycles. The van der Waals surface area contributed by atoms with E-state index in [2.05, 4.69) is 15.4 Å². The van der Waals surface area contributed by atoms with E-state index >= 15 is 0 Å². The van der Waals surface area contributed by atoms with Gasteiger partial charge in [0.15, 0.2) is 5.65 Å². The fourth-order valence-corrected chi connectivity index (χ4v) is 4.98. The van der Waals surface area contributed by atoms with Gasteiger partial charge in [-0.05, 0) is 61.7 Å². The summed E-state index contributed by atoms with van der Waals surface area (Å²) in [6.45, 7) is 5.35. The topological polar surface area (TPSA) is 119 Å². The molecule has 0 fully saturated rings. The second kappa shape index (κ2) is 9.08. The molecular weight excluding hydrogens is 468 g/mol. The molecule has 0 saturated carbocycles. The van der Waals surface area contributed by atoms with Crippen LogP contribution in [-0.2, 0) is 21.4 Å². The van der Waals surface area contributed by atoms with E-state index in [0.29, 0.717) is 16.9 Å². The fourth-order valence-electron chi connectivity index (χ4n) is 3.83. The summed E-state index contributed by atoms with van der Waals surface area (Å²) in [7, 11) is -0.790. The summed E-state index contributed by atoms with van der Waals surface area (Å²) in [6.07, 6.45) is 2.75. The van der Waals surface area contributed by atoms with Crippen molar-refractivity contribution in [2.24, 2.45) is 0 Å². The van der Waals surface area contributed by atoms with Crippen molar-refractivity contribution in [3.8, 4) is 5.69 Å². The normalized spacial score (nSPS) is 11.8. The SMILES string of the molecule is Cc1cc(C)cc(-n2ncc3c(=O)n(CC(=O)Nc4ccc(C)c(S(=O)(=O)N(C)C)c4)cnc32)c1. The third-order valence-corrected chi connectivity index (χ3v) is 7.51. The number of anilines is 1. The van der Waals surface area contributed by atoms with Gasteiger partial charge in [0.1, 0.15) is 18.3 Å². The van der Waals surface area contributed by atoms with Gasteiger partial charge in [0.2, 0.25) is 15.9 Å². The summed E-state index contributed by atoms with van der Waals surface area (Å²) in [5, 5.41) is 7.28. The first-order chi connectivity index (χ1) is 16.5. The maximum absolute atomic E-state index is 13.0. The third kappa shape index (κ3) is 4.73. The number of hydrogen-bond donors (Lipinski definition) is 1. The second-order valence-electron chi connectivity index (χ2n) is 8.63. The first-order valence-corrected chi connectivity index (χ1v) is 12.3. The molecule has 0 aliphatic carbocycles. The van der Waals surface area contributed by atoms with Crippen molar-refractivity contribution in [3.05, 3.63) is 76.0 Å². The van der Waals surface area contributed by atoms with Crippen molar-refractivity contribution in [1.29, 1.82) is 0 Å². The summed E-state index contributed by atoms with van der Waals surface area (Å²) in [6, 6.07) is 10.6. The van der Waals surface area contributed by atoms with Crippen LogP contribution in [0.1, 0.15) is 16.7 Å². The Bertz CT molecular complexity index is 1600. The zero-order valence-electron chi connectivity index (χ0n) is 20.1. The molecule has 4 rings (SSSR count). The van der Waals surface area contributed by atoms with Crippen molar-refractivity contribution < 1.29 is 13.2 Å². The molecular formula is C24H26N6O4S. The summed E-state index contributed by atoms with van der Waals surface area (Å²) in [5.41, 5.74) is 3.78. The number of rotatable bonds is 6. The van der Waals surface area contributed by atoms with Gasteiger partial charge in [0.05, 0.1) is 16.8 Å². The predicted molar refractivity (Wildman–Crippen MR) is 133 cm³/mol. The highest BCUT2D eigenvalue weighted by molar-refractivity contribution is 7.89. The summed E-state index contributed by atoms with van der Waals surface area (Å²) in [4.78, 5) is 30.1. The van der Waals surface area contributed by atoms with E-state index in [9.17, 15) is 18.0 Å². The Labute approximate surface area is 202 Å². The van der Waals surface area contributed by atoms with Crippen LogP contribution in [0, 0.1) is 20.8 Å². The Kier molecular flexibility index (Phi) is 6.30. The van der Waals surface area contributed by atoms with Gasteiger partial charge in [-0.15, -0.1) is 0 Å². The van der Waals surface area contributed by atoms with E-state index in [0.717, 1.165) is 21.1 Å². The minimum atomic E-state index is -3.67. The van der Waals surface area contributed by atoms with Gasteiger partial charge < -0.3 is 5.32 Å². The Balaban J connectivity index is 1.60. The lowest BCUT2D eigenvalue weighted by Crippen LogP contribution is -2.28. The van der Waals surface area contributed by atoms with E-state index in [1.54, 1.807) is 23.7 Å². The number of fused-ring (bicyclic) bond motifs is 1. The highest BCUT2D eigenvalue weighted by atomic mass is 32.2. The van der Waals surface area contributed by atoms with Gasteiger partial charge in [-0.3, -0.25) is 14.2 Å². The van der Waals surface area contributed by atoms with Gasteiger partial charge in [-0.1, -0.05) is 12.1 Å². The molecule has 1 amide bonds. The van der Waals surface area contributed by atoms with Crippen LogP contribution in [-0.4, -0.2) is 52.1 Å². The molecule has 10 nitrogen and oxygen atoms in total. The number of carbonyl (C=O) groups excluding carboxylic acids is 1. The molecule has 182 valence electrons. The molecule has 0 radical (unpaired) electrons. The van der Waals surface area contributed by atoms with Gasteiger partial charge in [-0.25, -0.2) is 22.4 Å². The number of aryl methyl sites for hydroxylation is 3. The molecule has 11 heteroatoms. The highest BCUT2D eigenvalue weighted by Gasteiger charge is 2.21. The molecule has 2 aromatic carbocycles. The molecule has 0 bridgehead atoms. The van der Waals surface area contributed by atoms with Crippen LogP contribution in [0.4, 0.5) is 5.69 Å². The molecule has 0 unspecified atom stereocenters. The molecule has 0 atom stereocenters. The van der Waals surface area contributed by atoms with Gasteiger partial charge >= 0.3 is 0 Å². The van der Waals surface area contributed by atoms with Crippen LogP contribution < -0.4 is 10.9 Å². The van der Waals surface area contributed by atoms with Gasteiger partial charge in [0, 0.05) is 19.8 Å². The largest absolute Gasteiger partial charge is 0.324 e. The average molecular weight is 495 g/mol. The second-order valence-corrected chi connectivity index (χ2v) is 10.8. The smallest absolute Gasteiger partial charge is 0.264 e. The average Bonchev–Trinajstić information content (AvgIpc) is 3.21. The number of nitrogens with one attached hydrogen (secondary N) is 1. The highest BCUT2D eigenvalue weighted by Crippen LogP contribution is 2.22. The molecule has 0 spiro atoms. The summed E-state index contributed by atoms with van der Waals surface area (Å²) < 4.78 is 29.0. The van der Waals surface area contributed by atoms with Crippen molar-refractivity contribution in [2.75, 3.05) is 19.4 Å². The minimum absolute atomic E-state index is 0.0966. The zero-order valence-corrected chi connectivity index (χ0v) is 20.9. The first-order valence-electron chi connectivity index (χ1n) is 10.8. The molecule has 4 aromatic rings. The monoisotopic (exact) mass is 494 g/mol. The fraction of sp³-hybridized carbons (Fsp3) is 0.250. The standard InChI is InChI=1S/C24H26N6O4S/c1-15-8-16(2)10-19(9-15)30-23-20(12-26-30)24(32)29(14-25-23)13-22(31)27-18-7-6-17(3)21(11-18)35(33,34)28(4)5/h6-12,14H,13H2,1-5H3,(H,27,31). The maximum atomic E-state index is 13.0. The Morgan fingerprint density at radius 2 is 1.74 bits per heavy atom. The Morgan fingerprint density at radius 3 is 2.40 bits per heavy atom. The van der Waals surface area contributed by atoms with E-state index in [-0.39, 0.29) is 16.8 Å². The summed E-state index contributed by atoms with van der Waals surface area (Å²) in [5.74, 6) is -0.494. The number of nitrogens with zero attached hydrogens (tertiary/aromatic N) is 5. The Morgan fingerprint density at radius 1 is 1.06 bits per heavy atom. The molecule has 35 heavy (non-hydrogen) atoms. The van der Waals surface area contributed by atoms with Gasteiger partial charge in [0.25, 0.3) is 5.56 Å². The van der Waals surface area contributed by atoms with Crippen LogP contribution in [0.25, 0.3) is 16.7 Å². The van der Waals surface area contributed by atoms with Crippen molar-refractivity contribution in [2.45, 2.75) is 32.2 Å². The lowest BCUT2D eigenvalue weighted by molar-refractivity contribution is -0.116. The van der Waals surface area contributed by atoms with E-state index in [1.165, 1.54) is 37.3 Å². The van der Waals surface area contributed by atoms with Gasteiger partial charge in [-0.2, -0.15) is 5.10 Å². The number of amides is 1. The van der Waals surface area contributed by atoms with Crippen LogP contribution >= 0.6 is 0 Å². The van der Waals surface area contributed by atoms with Crippen molar-refractivity contribution >= 4 is 32.7 Å². The number of aromatic nitrogens is 4. The van der Waals surface area contributed by atoms with E-state index in [4.69, 9.17) is 0 Å². The zero-order chi connectivity index (χ0) is 25.5. The maximum Gasteiger partial charge on any atom is 0.264 e. The molecule has 0 aliphatic rings. The van der Waals surface area contributed by atoms with Crippen LogP contribution in [0.15, 0.2) is 58.6 Å². The summed E-state index contributed by atoms with van der Waals surface area (Å²) >= 11 is 0.